The molecule has 3 rings (SSSR count). The van der Waals surface area contributed by atoms with Gasteiger partial charge in [0.2, 0.25) is 0 Å². The van der Waals surface area contributed by atoms with Crippen molar-refractivity contribution in [3.05, 3.63) is 35.2 Å². The number of carbonyl (C=O) groups is 1. The molecule has 0 fully saturated rings. The van der Waals surface area contributed by atoms with Crippen molar-refractivity contribution in [2.75, 3.05) is 5.32 Å². The van der Waals surface area contributed by atoms with Gasteiger partial charge in [0.25, 0.3) is 5.91 Å². The minimum absolute atomic E-state index is 0.246. The Hall–Kier alpha value is -2.70. The molecule has 1 amide bonds. The summed E-state index contributed by atoms with van der Waals surface area (Å²) in [6, 6.07) is 5.37. The maximum atomic E-state index is 12.2. The van der Waals surface area contributed by atoms with Crippen LogP contribution in [-0.2, 0) is 7.05 Å². The average molecular weight is 271 g/mol. The quantitative estimate of drug-likeness (QED) is 0.768. The van der Waals surface area contributed by atoms with Crippen molar-refractivity contribution in [2.24, 2.45) is 7.05 Å². The first-order valence-electron chi connectivity index (χ1n) is 6.10. The number of nitrogens with one attached hydrogen (secondary N) is 1. The second-order valence-corrected chi connectivity index (χ2v) is 4.55. The molecule has 0 radical (unpaired) electrons. The topological polar surface area (TPSA) is 85.8 Å². The van der Waals surface area contributed by atoms with Crippen molar-refractivity contribution in [1.29, 1.82) is 0 Å². The number of hydrogen-bond acceptors (Lipinski definition) is 5. The molecule has 20 heavy (non-hydrogen) atoms. The number of hydrogen-bond donors (Lipinski definition) is 1. The summed E-state index contributed by atoms with van der Waals surface area (Å²) >= 11 is 0. The second kappa shape index (κ2) is 4.44. The van der Waals surface area contributed by atoms with Gasteiger partial charge in [-0.3, -0.25) is 4.79 Å². The number of aromatic nitrogens is 4. The highest BCUT2D eigenvalue weighted by atomic mass is 16.5. The van der Waals surface area contributed by atoms with Crippen LogP contribution in [0.1, 0.15) is 21.8 Å². The fourth-order valence-corrected chi connectivity index (χ4v) is 2.10. The molecular formula is C13H13N5O2. The van der Waals surface area contributed by atoms with Crippen molar-refractivity contribution >= 4 is 22.6 Å². The molecule has 1 N–H and O–H groups in total. The number of carbonyl (C=O) groups excluding carboxylic acids is 1. The summed E-state index contributed by atoms with van der Waals surface area (Å²) in [6.07, 6.45) is 0. The summed E-state index contributed by atoms with van der Waals surface area (Å²) in [4.78, 5) is 13.7. The molecule has 0 unspecified atom stereocenters. The van der Waals surface area contributed by atoms with Crippen molar-refractivity contribution in [1.82, 2.24) is 20.2 Å². The number of benzene rings is 1. The zero-order chi connectivity index (χ0) is 14.3. The molecule has 0 saturated heterocycles. The number of anilines is 1. The minimum atomic E-state index is -0.246. The Morgan fingerprint density at radius 1 is 1.25 bits per heavy atom. The lowest BCUT2D eigenvalue weighted by atomic mass is 10.2. The number of fused-ring (bicyclic) bond motifs is 1. The first-order valence-corrected chi connectivity index (χ1v) is 6.10. The maximum Gasteiger partial charge on any atom is 0.261 e. The van der Waals surface area contributed by atoms with Crippen molar-refractivity contribution in [3.63, 3.8) is 0 Å². The molecule has 7 heteroatoms. The SMILES string of the molecule is Cc1noc(C)c1C(=O)Nc1ccc2nn(C)nc2c1. The molecule has 102 valence electrons. The molecule has 2 aromatic heterocycles. The van der Waals surface area contributed by atoms with Gasteiger partial charge in [-0.2, -0.15) is 15.0 Å². The van der Waals surface area contributed by atoms with E-state index in [0.717, 1.165) is 11.0 Å². The fraction of sp³-hybridized carbons (Fsp3) is 0.231. The summed E-state index contributed by atoms with van der Waals surface area (Å²) in [5, 5.41) is 15.0. The van der Waals surface area contributed by atoms with E-state index in [4.69, 9.17) is 4.52 Å². The number of nitrogens with zero attached hydrogens (tertiary/aromatic N) is 4. The lowest BCUT2D eigenvalue weighted by molar-refractivity contribution is 0.102. The smallest absolute Gasteiger partial charge is 0.261 e. The third-order valence-corrected chi connectivity index (χ3v) is 3.00. The molecule has 0 bridgehead atoms. The normalized spacial score (nSPS) is 10.9. The zero-order valence-corrected chi connectivity index (χ0v) is 11.3. The summed E-state index contributed by atoms with van der Waals surface area (Å²) in [5.74, 6) is 0.255. The van der Waals surface area contributed by atoms with Crippen LogP contribution in [0.25, 0.3) is 11.0 Å². The van der Waals surface area contributed by atoms with E-state index in [0.29, 0.717) is 22.7 Å². The highest BCUT2D eigenvalue weighted by molar-refractivity contribution is 6.06. The van der Waals surface area contributed by atoms with Crippen LogP contribution < -0.4 is 5.32 Å². The molecule has 0 saturated carbocycles. The van der Waals surface area contributed by atoms with Crippen LogP contribution in [0.4, 0.5) is 5.69 Å². The van der Waals surface area contributed by atoms with Crippen LogP contribution in [-0.4, -0.2) is 26.1 Å². The molecule has 0 aliphatic heterocycles. The van der Waals surface area contributed by atoms with Gasteiger partial charge >= 0.3 is 0 Å². The van der Waals surface area contributed by atoms with Gasteiger partial charge in [0.15, 0.2) is 0 Å². The van der Waals surface area contributed by atoms with E-state index in [9.17, 15) is 4.79 Å². The van der Waals surface area contributed by atoms with Crippen LogP contribution in [0.3, 0.4) is 0 Å². The molecule has 0 aliphatic carbocycles. The van der Waals surface area contributed by atoms with E-state index in [1.165, 1.54) is 4.80 Å². The molecule has 0 spiro atoms. The molecule has 2 heterocycles. The molecule has 3 aromatic rings. The first-order chi connectivity index (χ1) is 9.54. The van der Waals surface area contributed by atoms with Gasteiger partial charge < -0.3 is 9.84 Å². The van der Waals surface area contributed by atoms with Crippen LogP contribution in [0.5, 0.6) is 0 Å². The van der Waals surface area contributed by atoms with Crippen molar-refractivity contribution in [3.8, 4) is 0 Å². The summed E-state index contributed by atoms with van der Waals surface area (Å²) < 4.78 is 4.99. The van der Waals surface area contributed by atoms with Gasteiger partial charge in [-0.1, -0.05) is 5.16 Å². The monoisotopic (exact) mass is 271 g/mol. The second-order valence-electron chi connectivity index (χ2n) is 4.55. The fourth-order valence-electron chi connectivity index (χ4n) is 2.10. The van der Waals surface area contributed by atoms with E-state index < -0.39 is 0 Å². The molecule has 0 aliphatic rings. The highest BCUT2D eigenvalue weighted by Crippen LogP contribution is 2.18. The number of amides is 1. The molecular weight excluding hydrogens is 258 g/mol. The standard InChI is InChI=1S/C13H13N5O2/c1-7-12(8(2)20-17-7)13(19)14-9-4-5-10-11(6-9)16-18(3)15-10/h4-6H,1-3H3,(H,14,19). The third-order valence-electron chi connectivity index (χ3n) is 3.00. The molecule has 7 nitrogen and oxygen atoms in total. The minimum Gasteiger partial charge on any atom is -0.361 e. The van der Waals surface area contributed by atoms with E-state index in [2.05, 4.69) is 20.7 Å². The Bertz CT molecular complexity index is 783. The van der Waals surface area contributed by atoms with Crippen LogP contribution >= 0.6 is 0 Å². The highest BCUT2D eigenvalue weighted by Gasteiger charge is 2.17. The van der Waals surface area contributed by atoms with E-state index in [1.807, 2.05) is 6.07 Å². The lowest BCUT2D eigenvalue weighted by Gasteiger charge is -2.04. The van der Waals surface area contributed by atoms with Gasteiger partial charge in [-0.05, 0) is 32.0 Å². The molecule has 1 aromatic carbocycles. The summed E-state index contributed by atoms with van der Waals surface area (Å²) in [7, 11) is 1.75. The zero-order valence-electron chi connectivity index (χ0n) is 11.3. The van der Waals surface area contributed by atoms with E-state index in [1.54, 1.807) is 33.0 Å². The van der Waals surface area contributed by atoms with Crippen LogP contribution in [0.15, 0.2) is 22.7 Å². The van der Waals surface area contributed by atoms with Crippen LogP contribution in [0.2, 0.25) is 0 Å². The number of rotatable bonds is 2. The summed E-state index contributed by atoms with van der Waals surface area (Å²) in [6.45, 7) is 3.44. The maximum absolute atomic E-state index is 12.2. The summed E-state index contributed by atoms with van der Waals surface area (Å²) in [5.41, 5.74) is 3.19. The van der Waals surface area contributed by atoms with Gasteiger partial charge in [0.05, 0.1) is 5.69 Å². The Morgan fingerprint density at radius 3 is 2.70 bits per heavy atom. The van der Waals surface area contributed by atoms with E-state index >= 15 is 0 Å². The van der Waals surface area contributed by atoms with Crippen molar-refractivity contribution in [2.45, 2.75) is 13.8 Å². The van der Waals surface area contributed by atoms with Gasteiger partial charge in [-0.15, -0.1) is 0 Å². The van der Waals surface area contributed by atoms with E-state index in [-0.39, 0.29) is 5.91 Å². The Kier molecular flexibility index (Phi) is 2.74. The lowest BCUT2D eigenvalue weighted by Crippen LogP contribution is -2.13. The first kappa shape index (κ1) is 12.3. The predicted molar refractivity (Wildman–Crippen MR) is 72.4 cm³/mol. The van der Waals surface area contributed by atoms with Gasteiger partial charge in [0.1, 0.15) is 22.4 Å². The third kappa shape index (κ3) is 2.03. The van der Waals surface area contributed by atoms with Gasteiger partial charge in [0, 0.05) is 12.7 Å². The number of aryl methyl sites for hydroxylation is 3. The Labute approximate surface area is 114 Å². The molecule has 0 atom stereocenters. The average Bonchev–Trinajstić information content (AvgIpc) is 2.91. The Balaban J connectivity index is 1.91. The largest absolute Gasteiger partial charge is 0.361 e. The van der Waals surface area contributed by atoms with Crippen molar-refractivity contribution < 1.29 is 9.32 Å². The Morgan fingerprint density at radius 2 is 2.00 bits per heavy atom. The van der Waals surface area contributed by atoms with Gasteiger partial charge in [-0.25, -0.2) is 0 Å². The van der Waals surface area contributed by atoms with Crippen LogP contribution in [0, 0.1) is 13.8 Å². The predicted octanol–water partition coefficient (Wildman–Crippen LogP) is 1.83.